The zero-order valence-corrected chi connectivity index (χ0v) is 33.4. The summed E-state index contributed by atoms with van der Waals surface area (Å²) in [5.41, 5.74) is 10.2. The quantitative estimate of drug-likeness (QED) is 0.167. The number of nitrogens with zero attached hydrogens (tertiary/aromatic N) is 4. The van der Waals surface area contributed by atoms with E-state index in [2.05, 4.69) is 194 Å². The summed E-state index contributed by atoms with van der Waals surface area (Å²) in [6.07, 6.45) is 1.98. The van der Waals surface area contributed by atoms with E-state index in [1.54, 1.807) is 0 Å². The van der Waals surface area contributed by atoms with Gasteiger partial charge in [-0.05, 0) is 90.9 Å². The zero-order valence-electron chi connectivity index (χ0n) is 33.4. The van der Waals surface area contributed by atoms with Crippen LogP contribution in [0.2, 0.25) is 0 Å². The molecule has 62 heavy (non-hydrogen) atoms. The van der Waals surface area contributed by atoms with Gasteiger partial charge >= 0.3 is 0 Å². The minimum absolute atomic E-state index is 0.816. The lowest BCUT2D eigenvalue weighted by atomic mass is 9.92. The molecule has 0 aliphatic rings. The van der Waals surface area contributed by atoms with Crippen LogP contribution in [-0.4, -0.2) is 19.9 Å². The molecule has 0 spiro atoms. The van der Waals surface area contributed by atoms with E-state index in [9.17, 15) is 0 Å². The molecule has 0 amide bonds. The molecule has 0 aliphatic heterocycles. The van der Waals surface area contributed by atoms with Crippen molar-refractivity contribution in [2.75, 3.05) is 0 Å². The molecule has 0 fully saturated rings. The van der Waals surface area contributed by atoms with Gasteiger partial charge in [0, 0.05) is 50.0 Å². The van der Waals surface area contributed by atoms with Crippen LogP contribution in [0.5, 0.6) is 0 Å². The highest BCUT2D eigenvalue weighted by Gasteiger charge is 2.21. The fraction of sp³-hybridized carbons (Fsp3) is 0. The van der Waals surface area contributed by atoms with E-state index in [0.29, 0.717) is 0 Å². The highest BCUT2D eigenvalue weighted by atomic mass is 14.8. The summed E-state index contributed by atoms with van der Waals surface area (Å²) >= 11 is 0. The standard InChI is InChI=1S/C58H34N4/c1-2-17-39-34-59-54(31-36(39)14-1)51-33-56(49-30-38-16-4-7-19-41(38)43-21-9-11-23-45(43)49)62-58-47(51)27-26-46-50(53-28-25-35-13-5-12-24-52(35)60-53)32-55(61-57(46)58)48-29-37-15-3-6-18-40(37)42-20-8-10-22-44(42)48/h1-34H. The van der Waals surface area contributed by atoms with Gasteiger partial charge in [-0.3, -0.25) is 4.98 Å². The van der Waals surface area contributed by atoms with Crippen molar-refractivity contribution in [1.29, 1.82) is 0 Å². The average molecular weight is 787 g/mol. The summed E-state index contributed by atoms with van der Waals surface area (Å²) in [6.45, 7) is 0. The maximum Gasteiger partial charge on any atom is 0.0979 e. The van der Waals surface area contributed by atoms with Crippen molar-refractivity contribution in [2.45, 2.75) is 0 Å². The van der Waals surface area contributed by atoms with Gasteiger partial charge in [-0.25, -0.2) is 15.0 Å². The van der Waals surface area contributed by atoms with Gasteiger partial charge in [0.25, 0.3) is 0 Å². The van der Waals surface area contributed by atoms with E-state index in [1.165, 1.54) is 32.3 Å². The van der Waals surface area contributed by atoms with Crippen LogP contribution < -0.4 is 0 Å². The molecule has 286 valence electrons. The third-order valence-corrected chi connectivity index (χ3v) is 12.6. The minimum Gasteiger partial charge on any atom is -0.256 e. The number of rotatable bonds is 4. The lowest BCUT2D eigenvalue weighted by molar-refractivity contribution is 1.34. The smallest absolute Gasteiger partial charge is 0.0979 e. The van der Waals surface area contributed by atoms with Crippen molar-refractivity contribution >= 4 is 86.6 Å². The number of hydrogen-bond donors (Lipinski definition) is 0. The molecule has 4 aromatic heterocycles. The van der Waals surface area contributed by atoms with E-state index in [-0.39, 0.29) is 0 Å². The highest BCUT2D eigenvalue weighted by Crippen LogP contribution is 2.43. The van der Waals surface area contributed by atoms with Crippen molar-refractivity contribution in [3.8, 4) is 45.0 Å². The molecule has 0 radical (unpaired) electrons. The highest BCUT2D eigenvalue weighted by molar-refractivity contribution is 6.18. The van der Waals surface area contributed by atoms with Gasteiger partial charge in [0.15, 0.2) is 0 Å². The monoisotopic (exact) mass is 786 g/mol. The summed E-state index contributed by atoms with van der Waals surface area (Å²) in [7, 11) is 0. The van der Waals surface area contributed by atoms with Crippen LogP contribution in [0, 0.1) is 0 Å². The van der Waals surface area contributed by atoms with E-state index in [4.69, 9.17) is 19.9 Å². The minimum atomic E-state index is 0.816. The third kappa shape index (κ3) is 5.40. The van der Waals surface area contributed by atoms with Gasteiger partial charge in [-0.15, -0.1) is 0 Å². The fourth-order valence-corrected chi connectivity index (χ4v) is 9.65. The molecule has 0 atom stereocenters. The molecule has 4 nitrogen and oxygen atoms in total. The zero-order chi connectivity index (χ0) is 40.7. The third-order valence-electron chi connectivity index (χ3n) is 12.6. The Bertz CT molecular complexity index is 3740. The van der Waals surface area contributed by atoms with Crippen molar-refractivity contribution in [3.05, 3.63) is 206 Å². The first-order chi connectivity index (χ1) is 30.7. The SMILES string of the molecule is c1ccc2cc(-c3cc(-c4cc5ccccc5c5ccccc45)nc4c3ccc3c(-c5ccc6ccccc6n5)cc(-c5cc6ccccc6c6ccccc56)nc34)ncc2c1. The number of hydrogen-bond acceptors (Lipinski definition) is 4. The Morgan fingerprint density at radius 2 is 0.694 bits per heavy atom. The molecule has 13 aromatic rings. The van der Waals surface area contributed by atoms with Crippen LogP contribution in [0.25, 0.3) is 132 Å². The lowest BCUT2D eigenvalue weighted by Crippen LogP contribution is -1.98. The lowest BCUT2D eigenvalue weighted by Gasteiger charge is -2.17. The van der Waals surface area contributed by atoms with Gasteiger partial charge in [0.05, 0.1) is 39.3 Å². The van der Waals surface area contributed by atoms with Gasteiger partial charge in [0.1, 0.15) is 0 Å². The predicted molar refractivity (Wildman–Crippen MR) is 259 cm³/mol. The van der Waals surface area contributed by atoms with Gasteiger partial charge in [-0.1, -0.05) is 158 Å². The topological polar surface area (TPSA) is 51.6 Å². The second-order valence-corrected chi connectivity index (χ2v) is 16.2. The van der Waals surface area contributed by atoms with Gasteiger partial charge in [-0.2, -0.15) is 0 Å². The van der Waals surface area contributed by atoms with Crippen LogP contribution in [0.4, 0.5) is 0 Å². The van der Waals surface area contributed by atoms with E-state index in [1.807, 2.05) is 12.3 Å². The van der Waals surface area contributed by atoms with Gasteiger partial charge < -0.3 is 0 Å². The molecule has 4 heterocycles. The first-order valence-electron chi connectivity index (χ1n) is 21.0. The largest absolute Gasteiger partial charge is 0.256 e. The average Bonchev–Trinajstić information content (AvgIpc) is 3.34. The summed E-state index contributed by atoms with van der Waals surface area (Å²) in [5.74, 6) is 0. The van der Waals surface area contributed by atoms with Crippen molar-refractivity contribution < 1.29 is 0 Å². The molecule has 0 saturated carbocycles. The molecule has 0 bridgehead atoms. The summed E-state index contributed by atoms with van der Waals surface area (Å²) in [6, 6.07) is 71.2. The normalized spacial score (nSPS) is 11.9. The molecule has 13 rings (SSSR count). The molecule has 0 saturated heterocycles. The Morgan fingerprint density at radius 3 is 1.29 bits per heavy atom. The van der Waals surface area contributed by atoms with Gasteiger partial charge in [0.2, 0.25) is 0 Å². The second kappa shape index (κ2) is 13.6. The maximum atomic E-state index is 5.70. The number of pyridine rings is 4. The fourth-order valence-electron chi connectivity index (χ4n) is 9.65. The molecule has 9 aromatic carbocycles. The molecular formula is C58H34N4. The molecule has 0 unspecified atom stereocenters. The van der Waals surface area contributed by atoms with Crippen molar-refractivity contribution in [3.63, 3.8) is 0 Å². The van der Waals surface area contributed by atoms with Crippen LogP contribution >= 0.6 is 0 Å². The molecule has 4 heteroatoms. The molecule has 0 N–H and O–H groups in total. The van der Waals surface area contributed by atoms with E-state index < -0.39 is 0 Å². The number of benzene rings is 9. The Labute approximate surface area is 356 Å². The number of fused-ring (bicyclic) bond motifs is 11. The first-order valence-corrected chi connectivity index (χ1v) is 21.0. The summed E-state index contributed by atoms with van der Waals surface area (Å²) < 4.78 is 0. The Hall–Kier alpha value is -8.34. The van der Waals surface area contributed by atoms with Crippen LogP contribution in [0.15, 0.2) is 206 Å². The summed E-state index contributed by atoms with van der Waals surface area (Å²) in [5, 5.41) is 14.8. The van der Waals surface area contributed by atoms with Crippen molar-refractivity contribution in [2.24, 2.45) is 0 Å². The second-order valence-electron chi connectivity index (χ2n) is 16.2. The van der Waals surface area contributed by atoms with Crippen LogP contribution in [0.1, 0.15) is 0 Å². The number of aromatic nitrogens is 4. The predicted octanol–water partition coefficient (Wildman–Crippen LogP) is 15.2. The van der Waals surface area contributed by atoms with E-state index >= 15 is 0 Å². The van der Waals surface area contributed by atoms with Crippen molar-refractivity contribution in [1.82, 2.24) is 19.9 Å². The first kappa shape index (κ1) is 34.5. The van der Waals surface area contributed by atoms with Crippen LogP contribution in [-0.2, 0) is 0 Å². The van der Waals surface area contributed by atoms with Crippen LogP contribution in [0.3, 0.4) is 0 Å². The Balaban J connectivity index is 1.18. The number of para-hydroxylation sites is 1. The molecular weight excluding hydrogens is 753 g/mol. The Kier molecular flexibility index (Phi) is 7.57. The molecule has 0 aliphatic carbocycles. The van der Waals surface area contributed by atoms with E-state index in [0.717, 1.165) is 99.3 Å². The maximum absolute atomic E-state index is 5.70. The summed E-state index contributed by atoms with van der Waals surface area (Å²) in [4.78, 5) is 21.8. The Morgan fingerprint density at radius 1 is 0.242 bits per heavy atom.